The second kappa shape index (κ2) is 4.49. The van der Waals surface area contributed by atoms with Gasteiger partial charge in [-0.2, -0.15) is 5.10 Å². The second-order valence-electron chi connectivity index (χ2n) is 4.07. The molecule has 1 heterocycles. The summed E-state index contributed by atoms with van der Waals surface area (Å²) < 4.78 is 1.98. The minimum atomic E-state index is 0.534. The molecule has 2 N–H and O–H groups in total. The molecule has 0 fully saturated rings. The van der Waals surface area contributed by atoms with E-state index in [1.807, 2.05) is 17.7 Å². The molecule has 1 aromatic heterocycles. The van der Waals surface area contributed by atoms with Gasteiger partial charge in [0, 0.05) is 6.54 Å². The van der Waals surface area contributed by atoms with Gasteiger partial charge in [-0.15, -0.1) is 0 Å². The third-order valence-corrected chi connectivity index (χ3v) is 2.78. The zero-order valence-corrected chi connectivity index (χ0v) is 9.77. The highest BCUT2D eigenvalue weighted by molar-refractivity contribution is 5.26. The summed E-state index contributed by atoms with van der Waals surface area (Å²) >= 11 is 0. The van der Waals surface area contributed by atoms with E-state index >= 15 is 0 Å². The molecule has 2 rings (SSSR count). The van der Waals surface area contributed by atoms with Crippen molar-refractivity contribution in [2.45, 2.75) is 26.9 Å². The topological polar surface area (TPSA) is 43.8 Å². The van der Waals surface area contributed by atoms with Crippen molar-refractivity contribution < 1.29 is 0 Å². The molecule has 0 saturated carbocycles. The Balaban J connectivity index is 2.30. The first-order chi connectivity index (χ1) is 7.70. The van der Waals surface area contributed by atoms with Crippen molar-refractivity contribution in [1.82, 2.24) is 9.78 Å². The Morgan fingerprint density at radius 3 is 2.69 bits per heavy atom. The molecule has 3 nitrogen and oxygen atoms in total. The summed E-state index contributed by atoms with van der Waals surface area (Å²) in [6, 6.07) is 10.4. The molecule has 0 radical (unpaired) electrons. The lowest BCUT2D eigenvalue weighted by Gasteiger charge is -2.08. The van der Waals surface area contributed by atoms with E-state index in [0.29, 0.717) is 6.54 Å². The van der Waals surface area contributed by atoms with Crippen LogP contribution in [0.15, 0.2) is 30.3 Å². The van der Waals surface area contributed by atoms with E-state index in [-0.39, 0.29) is 0 Å². The molecule has 16 heavy (non-hydrogen) atoms. The number of nitrogens with two attached hydrogens (primary N) is 1. The van der Waals surface area contributed by atoms with Crippen LogP contribution in [0.4, 0.5) is 0 Å². The van der Waals surface area contributed by atoms with Gasteiger partial charge < -0.3 is 5.73 Å². The van der Waals surface area contributed by atoms with Gasteiger partial charge >= 0.3 is 0 Å². The quantitative estimate of drug-likeness (QED) is 0.851. The van der Waals surface area contributed by atoms with Crippen molar-refractivity contribution in [3.8, 4) is 0 Å². The number of aryl methyl sites for hydroxylation is 2. The zero-order chi connectivity index (χ0) is 11.5. The van der Waals surface area contributed by atoms with Crippen LogP contribution in [-0.4, -0.2) is 9.78 Å². The van der Waals surface area contributed by atoms with Crippen LogP contribution in [0.3, 0.4) is 0 Å². The lowest BCUT2D eigenvalue weighted by atomic mass is 10.1. The minimum absolute atomic E-state index is 0.534. The molecule has 0 bridgehead atoms. The van der Waals surface area contributed by atoms with Gasteiger partial charge in [0.1, 0.15) is 0 Å². The fourth-order valence-electron chi connectivity index (χ4n) is 1.85. The van der Waals surface area contributed by atoms with E-state index in [1.165, 1.54) is 11.1 Å². The summed E-state index contributed by atoms with van der Waals surface area (Å²) in [6.07, 6.45) is 0. The van der Waals surface area contributed by atoms with E-state index in [4.69, 9.17) is 5.73 Å². The van der Waals surface area contributed by atoms with Gasteiger partial charge in [0.25, 0.3) is 0 Å². The third-order valence-electron chi connectivity index (χ3n) is 2.78. The van der Waals surface area contributed by atoms with Crippen LogP contribution < -0.4 is 5.73 Å². The van der Waals surface area contributed by atoms with Crippen molar-refractivity contribution in [3.05, 3.63) is 52.8 Å². The Hall–Kier alpha value is -1.61. The van der Waals surface area contributed by atoms with E-state index in [2.05, 4.69) is 36.3 Å². The number of benzene rings is 1. The predicted molar refractivity (Wildman–Crippen MR) is 65.1 cm³/mol. The molecule has 0 spiro atoms. The van der Waals surface area contributed by atoms with Gasteiger partial charge in [0.05, 0.1) is 17.9 Å². The van der Waals surface area contributed by atoms with Crippen molar-refractivity contribution in [3.63, 3.8) is 0 Å². The number of rotatable bonds is 3. The summed E-state index contributed by atoms with van der Waals surface area (Å²) in [7, 11) is 0. The zero-order valence-electron chi connectivity index (χ0n) is 9.77. The SMILES string of the molecule is Cc1cc(CN)n(Cc2ccccc2C)n1. The molecule has 1 aromatic carbocycles. The highest BCUT2D eigenvalue weighted by Crippen LogP contribution is 2.11. The van der Waals surface area contributed by atoms with E-state index in [1.54, 1.807) is 0 Å². The predicted octanol–water partition coefficient (Wildman–Crippen LogP) is 2.01. The minimum Gasteiger partial charge on any atom is -0.325 e. The molecular weight excluding hydrogens is 198 g/mol. The van der Waals surface area contributed by atoms with Gasteiger partial charge in [-0.05, 0) is 31.0 Å². The molecule has 0 atom stereocenters. The highest BCUT2D eigenvalue weighted by Gasteiger charge is 2.05. The molecule has 0 aliphatic rings. The van der Waals surface area contributed by atoms with Crippen molar-refractivity contribution in [2.24, 2.45) is 5.73 Å². The van der Waals surface area contributed by atoms with Crippen LogP contribution in [-0.2, 0) is 13.1 Å². The molecule has 0 aliphatic heterocycles. The maximum absolute atomic E-state index is 5.69. The van der Waals surface area contributed by atoms with Crippen LogP contribution in [0.25, 0.3) is 0 Å². The molecular formula is C13H17N3. The van der Waals surface area contributed by atoms with E-state index in [0.717, 1.165) is 17.9 Å². The summed E-state index contributed by atoms with van der Waals surface area (Å²) in [4.78, 5) is 0. The lowest BCUT2D eigenvalue weighted by Crippen LogP contribution is -2.10. The Labute approximate surface area is 95.9 Å². The van der Waals surface area contributed by atoms with Crippen LogP contribution in [0.5, 0.6) is 0 Å². The van der Waals surface area contributed by atoms with Crippen molar-refractivity contribution >= 4 is 0 Å². The monoisotopic (exact) mass is 215 g/mol. The Morgan fingerprint density at radius 2 is 2.00 bits per heavy atom. The van der Waals surface area contributed by atoms with Crippen LogP contribution in [0.1, 0.15) is 22.5 Å². The lowest BCUT2D eigenvalue weighted by molar-refractivity contribution is 0.639. The van der Waals surface area contributed by atoms with E-state index in [9.17, 15) is 0 Å². The highest BCUT2D eigenvalue weighted by atomic mass is 15.3. The number of nitrogens with zero attached hydrogens (tertiary/aromatic N) is 2. The van der Waals surface area contributed by atoms with Crippen molar-refractivity contribution in [2.75, 3.05) is 0 Å². The number of hydrogen-bond donors (Lipinski definition) is 1. The normalized spacial score (nSPS) is 10.7. The van der Waals surface area contributed by atoms with Crippen LogP contribution in [0.2, 0.25) is 0 Å². The standard InChI is InChI=1S/C13H17N3/c1-10-5-3-4-6-12(10)9-16-13(8-14)7-11(2)15-16/h3-7H,8-9,14H2,1-2H3. The smallest absolute Gasteiger partial charge is 0.0665 e. The molecule has 0 aliphatic carbocycles. The van der Waals surface area contributed by atoms with Crippen LogP contribution in [0, 0.1) is 13.8 Å². The second-order valence-corrected chi connectivity index (χ2v) is 4.07. The molecule has 0 unspecified atom stereocenters. The summed E-state index contributed by atoms with van der Waals surface area (Å²) in [5.74, 6) is 0. The van der Waals surface area contributed by atoms with Gasteiger partial charge in [-0.25, -0.2) is 0 Å². The fourth-order valence-corrected chi connectivity index (χ4v) is 1.85. The van der Waals surface area contributed by atoms with Crippen molar-refractivity contribution in [1.29, 1.82) is 0 Å². The van der Waals surface area contributed by atoms with Gasteiger partial charge in [-0.3, -0.25) is 4.68 Å². The molecule has 3 heteroatoms. The first kappa shape index (κ1) is 10.9. The molecule has 2 aromatic rings. The fraction of sp³-hybridized carbons (Fsp3) is 0.308. The summed E-state index contributed by atoms with van der Waals surface area (Å²) in [5, 5.41) is 4.45. The van der Waals surface area contributed by atoms with Gasteiger partial charge in [0.2, 0.25) is 0 Å². The van der Waals surface area contributed by atoms with Crippen LogP contribution >= 0.6 is 0 Å². The maximum atomic E-state index is 5.69. The third kappa shape index (κ3) is 2.14. The Kier molecular flexibility index (Phi) is 3.06. The first-order valence-corrected chi connectivity index (χ1v) is 5.48. The maximum Gasteiger partial charge on any atom is 0.0665 e. The first-order valence-electron chi connectivity index (χ1n) is 5.48. The number of aromatic nitrogens is 2. The van der Waals surface area contributed by atoms with E-state index < -0.39 is 0 Å². The average Bonchev–Trinajstić information content (AvgIpc) is 2.62. The number of hydrogen-bond acceptors (Lipinski definition) is 2. The average molecular weight is 215 g/mol. The Morgan fingerprint density at radius 1 is 1.25 bits per heavy atom. The molecule has 84 valence electrons. The molecule has 0 saturated heterocycles. The largest absolute Gasteiger partial charge is 0.325 e. The molecule has 0 amide bonds. The Bertz CT molecular complexity index is 486. The van der Waals surface area contributed by atoms with Gasteiger partial charge in [-0.1, -0.05) is 24.3 Å². The summed E-state index contributed by atoms with van der Waals surface area (Å²) in [5.41, 5.74) is 10.4. The van der Waals surface area contributed by atoms with Gasteiger partial charge in [0.15, 0.2) is 0 Å². The summed E-state index contributed by atoms with van der Waals surface area (Å²) in [6.45, 7) is 5.45.